The highest BCUT2D eigenvalue weighted by molar-refractivity contribution is 6.31. The molecule has 3 aromatic rings. The number of aliphatic hydroxyl groups excluding tert-OH is 1. The molecule has 4 heteroatoms. The first-order valence-corrected chi connectivity index (χ1v) is 6.41. The standard InChI is InChI=1S/C15H13ClN2O/c1-10-5-6-11(8-13(10)16)15(19)12-9-17-18-7-3-2-4-14(12)18/h2-9,15,19H,1H3. The van der Waals surface area contributed by atoms with Crippen LogP contribution in [0.2, 0.25) is 5.02 Å². The lowest BCUT2D eigenvalue weighted by Gasteiger charge is -2.11. The van der Waals surface area contributed by atoms with Crippen LogP contribution in [0.4, 0.5) is 0 Å². The third-order valence-corrected chi connectivity index (χ3v) is 3.67. The van der Waals surface area contributed by atoms with Crippen LogP contribution in [-0.2, 0) is 0 Å². The minimum absolute atomic E-state index is 0.660. The van der Waals surface area contributed by atoms with Gasteiger partial charge in [0, 0.05) is 16.8 Å². The van der Waals surface area contributed by atoms with Crippen LogP contribution in [0.1, 0.15) is 22.8 Å². The van der Waals surface area contributed by atoms with Gasteiger partial charge in [-0.05, 0) is 36.2 Å². The van der Waals surface area contributed by atoms with Crippen LogP contribution in [0.3, 0.4) is 0 Å². The van der Waals surface area contributed by atoms with E-state index in [0.29, 0.717) is 5.02 Å². The highest BCUT2D eigenvalue weighted by Gasteiger charge is 2.16. The molecular weight excluding hydrogens is 260 g/mol. The van der Waals surface area contributed by atoms with Gasteiger partial charge in [-0.2, -0.15) is 5.10 Å². The Kier molecular flexibility index (Phi) is 3.01. The van der Waals surface area contributed by atoms with Crippen molar-refractivity contribution < 1.29 is 5.11 Å². The van der Waals surface area contributed by atoms with Gasteiger partial charge in [-0.3, -0.25) is 0 Å². The van der Waals surface area contributed by atoms with Crippen molar-refractivity contribution in [3.63, 3.8) is 0 Å². The second-order valence-electron chi connectivity index (χ2n) is 4.54. The largest absolute Gasteiger partial charge is 0.384 e. The van der Waals surface area contributed by atoms with Gasteiger partial charge in [-0.1, -0.05) is 29.8 Å². The normalized spacial score (nSPS) is 12.8. The fraction of sp³-hybridized carbons (Fsp3) is 0.133. The van der Waals surface area contributed by atoms with Gasteiger partial charge in [-0.25, -0.2) is 4.52 Å². The van der Waals surface area contributed by atoms with Gasteiger partial charge in [0.25, 0.3) is 0 Å². The van der Waals surface area contributed by atoms with Crippen molar-refractivity contribution in [1.82, 2.24) is 9.61 Å². The summed E-state index contributed by atoms with van der Waals surface area (Å²) in [6, 6.07) is 11.4. The fourth-order valence-electron chi connectivity index (χ4n) is 2.12. The zero-order chi connectivity index (χ0) is 13.4. The van der Waals surface area contributed by atoms with Crippen LogP contribution in [-0.4, -0.2) is 14.7 Å². The van der Waals surface area contributed by atoms with E-state index in [4.69, 9.17) is 11.6 Å². The predicted octanol–water partition coefficient (Wildman–Crippen LogP) is 3.38. The average Bonchev–Trinajstić information content (AvgIpc) is 2.85. The monoisotopic (exact) mass is 272 g/mol. The lowest BCUT2D eigenvalue weighted by Crippen LogP contribution is -1.99. The molecule has 19 heavy (non-hydrogen) atoms. The number of halogens is 1. The molecule has 1 N–H and O–H groups in total. The molecule has 2 aromatic heterocycles. The molecule has 0 bridgehead atoms. The first-order valence-electron chi connectivity index (χ1n) is 6.03. The van der Waals surface area contributed by atoms with Gasteiger partial charge in [0.2, 0.25) is 0 Å². The molecule has 96 valence electrons. The van der Waals surface area contributed by atoms with E-state index in [1.54, 1.807) is 16.8 Å². The Bertz CT molecular complexity index is 736. The van der Waals surface area contributed by atoms with Crippen LogP contribution in [0.25, 0.3) is 5.52 Å². The fourth-order valence-corrected chi connectivity index (χ4v) is 2.31. The molecule has 0 radical (unpaired) electrons. The molecule has 2 heterocycles. The maximum absolute atomic E-state index is 10.5. The Hall–Kier alpha value is -1.84. The highest BCUT2D eigenvalue weighted by atomic mass is 35.5. The first kappa shape index (κ1) is 12.2. The molecule has 1 aromatic carbocycles. The van der Waals surface area contributed by atoms with Crippen molar-refractivity contribution in [1.29, 1.82) is 0 Å². The molecule has 0 saturated heterocycles. The summed E-state index contributed by atoms with van der Waals surface area (Å²) >= 11 is 6.11. The van der Waals surface area contributed by atoms with Crippen LogP contribution >= 0.6 is 11.6 Å². The minimum atomic E-state index is -0.724. The Labute approximate surface area is 116 Å². The van der Waals surface area contributed by atoms with Gasteiger partial charge >= 0.3 is 0 Å². The van der Waals surface area contributed by atoms with Gasteiger partial charge in [0.05, 0.1) is 11.7 Å². The van der Waals surface area contributed by atoms with Crippen LogP contribution in [0.5, 0.6) is 0 Å². The average molecular weight is 273 g/mol. The topological polar surface area (TPSA) is 37.5 Å². The van der Waals surface area contributed by atoms with E-state index in [0.717, 1.165) is 22.2 Å². The number of nitrogens with zero attached hydrogens (tertiary/aromatic N) is 2. The van der Waals surface area contributed by atoms with Crippen molar-refractivity contribution in [2.24, 2.45) is 0 Å². The predicted molar refractivity (Wildman–Crippen MR) is 75.4 cm³/mol. The summed E-state index contributed by atoms with van der Waals surface area (Å²) in [5.41, 5.74) is 3.44. The summed E-state index contributed by atoms with van der Waals surface area (Å²) in [4.78, 5) is 0. The molecule has 0 spiro atoms. The van der Waals surface area contributed by atoms with Gasteiger partial charge in [-0.15, -0.1) is 0 Å². The van der Waals surface area contributed by atoms with E-state index in [9.17, 15) is 5.11 Å². The lowest BCUT2D eigenvalue weighted by molar-refractivity contribution is 0.222. The van der Waals surface area contributed by atoms with Crippen LogP contribution in [0.15, 0.2) is 48.8 Å². The van der Waals surface area contributed by atoms with E-state index in [-0.39, 0.29) is 0 Å². The maximum atomic E-state index is 10.5. The van der Waals surface area contributed by atoms with Crippen LogP contribution in [0, 0.1) is 6.92 Å². The minimum Gasteiger partial charge on any atom is -0.384 e. The Morgan fingerprint density at radius 3 is 2.89 bits per heavy atom. The Morgan fingerprint density at radius 2 is 2.11 bits per heavy atom. The summed E-state index contributed by atoms with van der Waals surface area (Å²) in [7, 11) is 0. The van der Waals surface area contributed by atoms with Crippen LogP contribution < -0.4 is 0 Å². The van der Waals surface area contributed by atoms with E-state index in [1.807, 2.05) is 43.5 Å². The lowest BCUT2D eigenvalue weighted by atomic mass is 10.0. The summed E-state index contributed by atoms with van der Waals surface area (Å²) in [5, 5.41) is 15.4. The molecule has 0 aliphatic heterocycles. The smallest absolute Gasteiger partial charge is 0.108 e. The third kappa shape index (κ3) is 2.11. The number of pyridine rings is 1. The summed E-state index contributed by atoms with van der Waals surface area (Å²) in [5.74, 6) is 0. The number of hydrogen-bond acceptors (Lipinski definition) is 2. The van der Waals surface area contributed by atoms with Gasteiger partial charge < -0.3 is 5.11 Å². The quantitative estimate of drug-likeness (QED) is 0.777. The molecular formula is C15H13ClN2O. The number of rotatable bonds is 2. The molecule has 0 aliphatic carbocycles. The van der Waals surface area contributed by atoms with E-state index >= 15 is 0 Å². The van der Waals surface area contributed by atoms with E-state index in [2.05, 4.69) is 5.10 Å². The zero-order valence-electron chi connectivity index (χ0n) is 10.4. The van der Waals surface area contributed by atoms with Crippen molar-refractivity contribution in [2.75, 3.05) is 0 Å². The molecule has 3 nitrogen and oxygen atoms in total. The SMILES string of the molecule is Cc1ccc(C(O)c2cnn3ccccc23)cc1Cl. The maximum Gasteiger partial charge on any atom is 0.108 e. The third-order valence-electron chi connectivity index (χ3n) is 3.26. The van der Waals surface area contributed by atoms with Crippen molar-refractivity contribution in [3.05, 3.63) is 70.5 Å². The van der Waals surface area contributed by atoms with Gasteiger partial charge in [0.15, 0.2) is 0 Å². The number of fused-ring (bicyclic) bond motifs is 1. The molecule has 0 aliphatic rings. The summed E-state index contributed by atoms with van der Waals surface area (Å²) in [6.07, 6.45) is 2.82. The van der Waals surface area contributed by atoms with E-state index in [1.165, 1.54) is 0 Å². The van der Waals surface area contributed by atoms with E-state index < -0.39 is 6.10 Å². The van der Waals surface area contributed by atoms with Gasteiger partial charge in [0.1, 0.15) is 6.10 Å². The molecule has 1 unspecified atom stereocenters. The first-order chi connectivity index (χ1) is 9.16. The molecule has 1 atom stereocenters. The molecule has 0 amide bonds. The molecule has 3 rings (SSSR count). The second kappa shape index (κ2) is 4.68. The Balaban J connectivity index is 2.08. The zero-order valence-corrected chi connectivity index (χ0v) is 11.2. The number of aryl methyl sites for hydroxylation is 1. The summed E-state index contributed by atoms with van der Waals surface area (Å²) < 4.78 is 1.74. The van der Waals surface area contributed by atoms with Crippen molar-refractivity contribution >= 4 is 17.1 Å². The summed E-state index contributed by atoms with van der Waals surface area (Å²) in [6.45, 7) is 1.94. The number of aliphatic hydroxyl groups is 1. The Morgan fingerprint density at radius 1 is 1.26 bits per heavy atom. The van der Waals surface area contributed by atoms with Crippen molar-refractivity contribution in [3.8, 4) is 0 Å². The highest BCUT2D eigenvalue weighted by Crippen LogP contribution is 2.28. The molecule has 0 fully saturated rings. The van der Waals surface area contributed by atoms with Crippen molar-refractivity contribution in [2.45, 2.75) is 13.0 Å². The number of aromatic nitrogens is 2. The second-order valence-corrected chi connectivity index (χ2v) is 4.95. The molecule has 0 saturated carbocycles. The number of benzene rings is 1. The number of hydrogen-bond donors (Lipinski definition) is 1.